The van der Waals surface area contributed by atoms with E-state index in [1.807, 2.05) is 24.3 Å². The first-order valence-corrected chi connectivity index (χ1v) is 6.84. The van der Waals surface area contributed by atoms with E-state index in [1.54, 1.807) is 12.3 Å². The van der Waals surface area contributed by atoms with E-state index in [-0.39, 0.29) is 30.6 Å². The predicted octanol–water partition coefficient (Wildman–Crippen LogP) is 2.21. The van der Waals surface area contributed by atoms with E-state index in [1.165, 1.54) is 4.90 Å². The smallest absolute Gasteiger partial charge is 0.237 e. The van der Waals surface area contributed by atoms with E-state index in [9.17, 15) is 9.59 Å². The number of halogens is 1. The maximum Gasteiger partial charge on any atom is 0.237 e. The zero-order valence-corrected chi connectivity index (χ0v) is 12.0. The van der Waals surface area contributed by atoms with Crippen LogP contribution in [-0.2, 0) is 9.59 Å². The van der Waals surface area contributed by atoms with Gasteiger partial charge in [-0.15, -0.1) is 0 Å². The van der Waals surface area contributed by atoms with Gasteiger partial charge in [0.15, 0.2) is 5.78 Å². The summed E-state index contributed by atoms with van der Waals surface area (Å²) in [6.45, 7) is 0.0563. The molecule has 2 heterocycles. The van der Waals surface area contributed by atoms with Crippen molar-refractivity contribution in [2.75, 3.05) is 11.4 Å². The molecule has 3 rings (SSSR count). The minimum atomic E-state index is -0.249. The third-order valence-corrected chi connectivity index (χ3v) is 3.48. The topological polar surface area (TPSA) is 63.2 Å². The van der Waals surface area contributed by atoms with Crippen molar-refractivity contribution in [1.29, 1.82) is 0 Å². The molecule has 20 heavy (non-hydrogen) atoms. The van der Waals surface area contributed by atoms with Crippen LogP contribution in [-0.4, -0.2) is 28.2 Å². The van der Waals surface area contributed by atoms with Crippen LogP contribution in [0, 0.1) is 0 Å². The lowest BCUT2D eigenvalue weighted by atomic mass is 10.1. The molecule has 1 aliphatic heterocycles. The van der Waals surface area contributed by atoms with Gasteiger partial charge in [-0.2, -0.15) is 0 Å². The van der Waals surface area contributed by atoms with Crippen molar-refractivity contribution in [2.24, 2.45) is 0 Å². The SMILES string of the molecule is O=C1CC(=O)N(c2nccc(-c3cccc(Br)c3)n2)C1. The maximum atomic E-state index is 11.7. The van der Waals surface area contributed by atoms with E-state index in [0.717, 1.165) is 10.0 Å². The molecule has 6 heteroatoms. The molecule has 0 unspecified atom stereocenters. The quantitative estimate of drug-likeness (QED) is 0.791. The average Bonchev–Trinajstić information content (AvgIpc) is 2.78. The zero-order valence-electron chi connectivity index (χ0n) is 10.4. The molecule has 100 valence electrons. The Hall–Kier alpha value is -2.08. The third kappa shape index (κ3) is 2.46. The Morgan fingerprint density at radius 1 is 1.20 bits per heavy atom. The zero-order chi connectivity index (χ0) is 14.1. The van der Waals surface area contributed by atoms with Gasteiger partial charge in [-0.1, -0.05) is 28.1 Å². The maximum absolute atomic E-state index is 11.7. The Labute approximate surface area is 123 Å². The number of hydrogen-bond donors (Lipinski definition) is 0. The summed E-state index contributed by atoms with van der Waals surface area (Å²) in [4.78, 5) is 32.8. The summed E-state index contributed by atoms with van der Waals surface area (Å²) in [6.07, 6.45) is 1.53. The molecule has 1 aliphatic rings. The number of nitrogens with zero attached hydrogens (tertiary/aromatic N) is 3. The van der Waals surface area contributed by atoms with E-state index >= 15 is 0 Å². The monoisotopic (exact) mass is 331 g/mol. The Kier molecular flexibility index (Phi) is 3.31. The molecule has 0 aliphatic carbocycles. The van der Waals surface area contributed by atoms with Gasteiger partial charge in [-0.3, -0.25) is 14.5 Å². The van der Waals surface area contributed by atoms with Crippen LogP contribution >= 0.6 is 15.9 Å². The molecule has 0 atom stereocenters. The van der Waals surface area contributed by atoms with Gasteiger partial charge < -0.3 is 0 Å². The second-order valence-electron chi connectivity index (χ2n) is 4.45. The van der Waals surface area contributed by atoms with Crippen molar-refractivity contribution in [3.8, 4) is 11.3 Å². The van der Waals surface area contributed by atoms with Crippen LogP contribution < -0.4 is 4.90 Å². The molecule has 1 aromatic carbocycles. The second kappa shape index (κ2) is 5.13. The lowest BCUT2D eigenvalue weighted by Gasteiger charge is -2.13. The summed E-state index contributed by atoms with van der Waals surface area (Å²) in [5.74, 6) is -0.0776. The van der Waals surface area contributed by atoms with Gasteiger partial charge in [-0.05, 0) is 18.2 Å². The van der Waals surface area contributed by atoms with Gasteiger partial charge in [0.2, 0.25) is 11.9 Å². The lowest BCUT2D eigenvalue weighted by Crippen LogP contribution is -2.26. The van der Waals surface area contributed by atoms with E-state index in [2.05, 4.69) is 25.9 Å². The highest BCUT2D eigenvalue weighted by Gasteiger charge is 2.30. The fourth-order valence-corrected chi connectivity index (χ4v) is 2.45. The molecule has 2 aromatic rings. The number of aromatic nitrogens is 2. The Morgan fingerprint density at radius 2 is 2.05 bits per heavy atom. The summed E-state index contributed by atoms with van der Waals surface area (Å²) >= 11 is 3.41. The molecule has 1 aromatic heterocycles. The largest absolute Gasteiger partial charge is 0.297 e. The standard InChI is InChI=1S/C14H10BrN3O2/c15-10-3-1-2-9(6-10)12-4-5-16-14(17-12)18-8-11(19)7-13(18)20/h1-6H,7-8H2. The van der Waals surface area contributed by atoms with Gasteiger partial charge in [0.05, 0.1) is 18.7 Å². The van der Waals surface area contributed by atoms with Crippen molar-refractivity contribution in [2.45, 2.75) is 6.42 Å². The molecular formula is C14H10BrN3O2. The highest BCUT2D eigenvalue weighted by Crippen LogP contribution is 2.23. The first-order chi connectivity index (χ1) is 9.63. The number of carbonyl (C=O) groups is 2. The molecule has 1 fully saturated rings. The first kappa shape index (κ1) is 12.9. The fraction of sp³-hybridized carbons (Fsp3) is 0.143. The Bertz CT molecular complexity index is 702. The van der Waals surface area contributed by atoms with Crippen molar-refractivity contribution < 1.29 is 9.59 Å². The minimum absolute atomic E-state index is 0.0563. The third-order valence-electron chi connectivity index (χ3n) is 2.99. The van der Waals surface area contributed by atoms with Crippen molar-refractivity contribution in [3.05, 3.63) is 41.0 Å². The summed E-state index contributed by atoms with van der Waals surface area (Å²) < 4.78 is 0.947. The molecule has 0 bridgehead atoms. The molecule has 1 amide bonds. The lowest BCUT2D eigenvalue weighted by molar-refractivity contribution is -0.121. The minimum Gasteiger partial charge on any atom is -0.297 e. The van der Waals surface area contributed by atoms with Gasteiger partial charge in [0, 0.05) is 16.2 Å². The van der Waals surface area contributed by atoms with Crippen LogP contribution in [0.25, 0.3) is 11.3 Å². The van der Waals surface area contributed by atoms with E-state index in [0.29, 0.717) is 5.69 Å². The highest BCUT2D eigenvalue weighted by molar-refractivity contribution is 9.10. The van der Waals surface area contributed by atoms with Crippen molar-refractivity contribution >= 4 is 33.6 Å². The van der Waals surface area contributed by atoms with Crippen LogP contribution in [0.4, 0.5) is 5.95 Å². The van der Waals surface area contributed by atoms with Crippen LogP contribution in [0.5, 0.6) is 0 Å². The molecule has 0 spiro atoms. The number of Topliss-reactive ketones (excluding diaryl/α,β-unsaturated/α-hetero) is 1. The number of anilines is 1. The highest BCUT2D eigenvalue weighted by atomic mass is 79.9. The van der Waals surface area contributed by atoms with E-state index in [4.69, 9.17) is 0 Å². The van der Waals surface area contributed by atoms with Crippen LogP contribution in [0.2, 0.25) is 0 Å². The Morgan fingerprint density at radius 3 is 2.75 bits per heavy atom. The number of hydrogen-bond acceptors (Lipinski definition) is 4. The van der Waals surface area contributed by atoms with Gasteiger partial charge >= 0.3 is 0 Å². The van der Waals surface area contributed by atoms with Crippen molar-refractivity contribution in [3.63, 3.8) is 0 Å². The Balaban J connectivity index is 1.98. The van der Waals surface area contributed by atoms with Gasteiger partial charge in [0.25, 0.3) is 0 Å². The number of ketones is 1. The second-order valence-corrected chi connectivity index (χ2v) is 5.36. The fourth-order valence-electron chi connectivity index (χ4n) is 2.05. The van der Waals surface area contributed by atoms with Crippen LogP contribution in [0.1, 0.15) is 6.42 Å². The molecular weight excluding hydrogens is 322 g/mol. The first-order valence-electron chi connectivity index (χ1n) is 6.04. The van der Waals surface area contributed by atoms with E-state index < -0.39 is 0 Å². The average molecular weight is 332 g/mol. The number of carbonyl (C=O) groups excluding carboxylic acids is 2. The predicted molar refractivity (Wildman–Crippen MR) is 77.1 cm³/mol. The number of amides is 1. The number of benzene rings is 1. The molecule has 0 N–H and O–H groups in total. The summed E-state index contributed by atoms with van der Waals surface area (Å²) in [5, 5.41) is 0. The summed E-state index contributed by atoms with van der Waals surface area (Å²) in [7, 11) is 0. The summed E-state index contributed by atoms with van der Waals surface area (Å²) in [6, 6.07) is 9.46. The number of rotatable bonds is 2. The molecule has 0 radical (unpaired) electrons. The normalized spacial score (nSPS) is 14.9. The molecule has 5 nitrogen and oxygen atoms in total. The molecule has 0 saturated carbocycles. The van der Waals surface area contributed by atoms with Gasteiger partial charge in [-0.25, -0.2) is 9.97 Å². The molecule has 1 saturated heterocycles. The van der Waals surface area contributed by atoms with Gasteiger partial charge in [0.1, 0.15) is 0 Å². The summed E-state index contributed by atoms with van der Waals surface area (Å²) in [5.41, 5.74) is 1.63. The van der Waals surface area contributed by atoms with Crippen LogP contribution in [0.3, 0.4) is 0 Å². The van der Waals surface area contributed by atoms with Crippen LogP contribution in [0.15, 0.2) is 41.0 Å². The van der Waals surface area contributed by atoms with Crippen molar-refractivity contribution in [1.82, 2.24) is 9.97 Å².